The van der Waals surface area contributed by atoms with Crippen LogP contribution in [0.1, 0.15) is 0 Å². The molecule has 2 heterocycles. The molecule has 2 aromatic heterocycles. The molecule has 70 valence electrons. The molecule has 2 aromatic rings. The van der Waals surface area contributed by atoms with E-state index in [0.717, 1.165) is 7.14 Å². The highest BCUT2D eigenvalue weighted by molar-refractivity contribution is 14.1. The fourth-order valence-electron chi connectivity index (χ4n) is 0.856. The van der Waals surface area contributed by atoms with Gasteiger partial charge in [0.2, 0.25) is 0 Å². The Morgan fingerprint density at radius 2 is 0.929 bits per heavy atom. The molecular formula is C8H4I2N4. The highest BCUT2D eigenvalue weighted by Gasteiger charge is 2.02. The lowest BCUT2D eigenvalue weighted by molar-refractivity contribution is 1.06. The molecule has 0 aliphatic rings. The van der Waals surface area contributed by atoms with Gasteiger partial charge >= 0.3 is 0 Å². The van der Waals surface area contributed by atoms with Crippen LogP contribution in [0.15, 0.2) is 24.8 Å². The summed E-state index contributed by atoms with van der Waals surface area (Å²) in [6.07, 6.45) is 6.96. The van der Waals surface area contributed by atoms with E-state index in [1.165, 1.54) is 0 Å². The topological polar surface area (TPSA) is 51.6 Å². The molecule has 4 nitrogen and oxygen atoms in total. The van der Waals surface area contributed by atoms with Crippen molar-refractivity contribution < 1.29 is 0 Å². The Hall–Kier alpha value is -0.380. The first kappa shape index (κ1) is 10.1. The van der Waals surface area contributed by atoms with Gasteiger partial charge in [-0.25, -0.2) is 19.9 Å². The van der Waals surface area contributed by atoms with E-state index in [-0.39, 0.29) is 0 Å². The summed E-state index contributed by atoms with van der Waals surface area (Å²) in [6.45, 7) is 0. The van der Waals surface area contributed by atoms with E-state index in [4.69, 9.17) is 0 Å². The second-order valence-electron chi connectivity index (χ2n) is 2.45. The zero-order valence-electron chi connectivity index (χ0n) is 6.85. The molecule has 0 fully saturated rings. The number of halogens is 2. The van der Waals surface area contributed by atoms with Crippen molar-refractivity contribution in [2.45, 2.75) is 0 Å². The van der Waals surface area contributed by atoms with Crippen LogP contribution in [-0.4, -0.2) is 19.9 Å². The first-order chi connectivity index (χ1) is 6.75. The standard InChI is InChI=1S/C8H4I2N4/c9-5-1-11-7(12-2-5)8-13-3-6(10)4-14-8/h1-4H. The maximum atomic E-state index is 4.13. The Balaban J connectivity index is 2.40. The van der Waals surface area contributed by atoms with Gasteiger partial charge in [-0.2, -0.15) is 0 Å². The van der Waals surface area contributed by atoms with Gasteiger partial charge in [0.15, 0.2) is 11.6 Å². The van der Waals surface area contributed by atoms with E-state index < -0.39 is 0 Å². The van der Waals surface area contributed by atoms with Crippen molar-refractivity contribution >= 4 is 45.2 Å². The van der Waals surface area contributed by atoms with Gasteiger partial charge in [-0.05, 0) is 45.2 Å². The van der Waals surface area contributed by atoms with Crippen LogP contribution < -0.4 is 0 Å². The fourth-order valence-corrected chi connectivity index (χ4v) is 1.41. The Labute approximate surface area is 108 Å². The third-order valence-corrected chi connectivity index (χ3v) is 2.55. The molecule has 0 aliphatic carbocycles. The minimum atomic E-state index is 0.557. The lowest BCUT2D eigenvalue weighted by atomic mass is 10.5. The predicted octanol–water partition coefficient (Wildman–Crippen LogP) is 2.14. The van der Waals surface area contributed by atoms with Crippen LogP contribution in [0, 0.1) is 7.14 Å². The molecule has 14 heavy (non-hydrogen) atoms. The average molecular weight is 410 g/mol. The third kappa shape index (κ3) is 2.35. The molecule has 0 unspecified atom stereocenters. The monoisotopic (exact) mass is 410 g/mol. The van der Waals surface area contributed by atoms with Gasteiger partial charge in [0, 0.05) is 31.9 Å². The molecule has 0 radical (unpaired) electrons. The predicted molar refractivity (Wildman–Crippen MR) is 68.5 cm³/mol. The number of aromatic nitrogens is 4. The van der Waals surface area contributed by atoms with Gasteiger partial charge in [0.05, 0.1) is 0 Å². The highest BCUT2D eigenvalue weighted by atomic mass is 127. The van der Waals surface area contributed by atoms with Gasteiger partial charge in [0.25, 0.3) is 0 Å². The summed E-state index contributed by atoms with van der Waals surface area (Å²) in [4.78, 5) is 16.5. The van der Waals surface area contributed by atoms with Crippen LogP contribution in [0.4, 0.5) is 0 Å². The second-order valence-corrected chi connectivity index (χ2v) is 4.94. The molecule has 0 saturated carbocycles. The fraction of sp³-hybridized carbons (Fsp3) is 0. The Bertz CT molecular complexity index is 383. The zero-order chi connectivity index (χ0) is 9.97. The van der Waals surface area contributed by atoms with Crippen LogP contribution >= 0.6 is 45.2 Å². The maximum Gasteiger partial charge on any atom is 0.197 e. The Morgan fingerprint density at radius 1 is 0.643 bits per heavy atom. The molecule has 0 atom stereocenters. The first-order valence-electron chi connectivity index (χ1n) is 3.71. The SMILES string of the molecule is Ic1cnc(-c2ncc(I)cn2)nc1. The molecule has 0 bridgehead atoms. The number of nitrogens with zero attached hydrogens (tertiary/aromatic N) is 4. The van der Waals surface area contributed by atoms with Crippen molar-refractivity contribution in [3.63, 3.8) is 0 Å². The van der Waals surface area contributed by atoms with Crippen molar-refractivity contribution in [3.05, 3.63) is 31.9 Å². The molecule has 0 saturated heterocycles. The van der Waals surface area contributed by atoms with Crippen LogP contribution in [0.25, 0.3) is 11.6 Å². The quantitative estimate of drug-likeness (QED) is 0.677. The summed E-state index contributed by atoms with van der Waals surface area (Å²) in [7, 11) is 0. The number of rotatable bonds is 1. The van der Waals surface area contributed by atoms with Gasteiger partial charge in [-0.1, -0.05) is 0 Å². The Morgan fingerprint density at radius 3 is 1.21 bits per heavy atom. The summed E-state index contributed by atoms with van der Waals surface area (Å²) in [5.74, 6) is 1.11. The van der Waals surface area contributed by atoms with Crippen molar-refractivity contribution in [1.29, 1.82) is 0 Å². The molecule has 0 spiro atoms. The van der Waals surface area contributed by atoms with E-state index in [1.807, 2.05) is 0 Å². The van der Waals surface area contributed by atoms with Crippen molar-refractivity contribution in [1.82, 2.24) is 19.9 Å². The van der Waals surface area contributed by atoms with Gasteiger partial charge in [0.1, 0.15) is 0 Å². The van der Waals surface area contributed by atoms with E-state index in [0.29, 0.717) is 11.6 Å². The van der Waals surface area contributed by atoms with Crippen molar-refractivity contribution in [2.75, 3.05) is 0 Å². The average Bonchev–Trinajstić information content (AvgIpc) is 2.21. The smallest absolute Gasteiger partial charge is 0.197 e. The molecule has 6 heteroatoms. The molecular weight excluding hydrogens is 406 g/mol. The summed E-state index contributed by atoms with van der Waals surface area (Å²) < 4.78 is 1.99. The molecule has 0 N–H and O–H groups in total. The van der Waals surface area contributed by atoms with E-state index in [1.54, 1.807) is 24.8 Å². The van der Waals surface area contributed by atoms with Crippen LogP contribution in [0.3, 0.4) is 0 Å². The summed E-state index contributed by atoms with van der Waals surface area (Å²) in [5, 5.41) is 0. The minimum Gasteiger partial charge on any atom is -0.233 e. The van der Waals surface area contributed by atoms with Gasteiger partial charge in [-0.3, -0.25) is 0 Å². The van der Waals surface area contributed by atoms with Crippen LogP contribution in [0.2, 0.25) is 0 Å². The van der Waals surface area contributed by atoms with E-state index >= 15 is 0 Å². The third-order valence-electron chi connectivity index (χ3n) is 1.44. The summed E-state index contributed by atoms with van der Waals surface area (Å²) in [5.41, 5.74) is 0. The van der Waals surface area contributed by atoms with Crippen LogP contribution in [0.5, 0.6) is 0 Å². The molecule has 0 aliphatic heterocycles. The van der Waals surface area contributed by atoms with Gasteiger partial charge in [-0.15, -0.1) is 0 Å². The largest absolute Gasteiger partial charge is 0.233 e. The van der Waals surface area contributed by atoms with Crippen LogP contribution in [-0.2, 0) is 0 Å². The number of hydrogen-bond acceptors (Lipinski definition) is 4. The summed E-state index contributed by atoms with van der Waals surface area (Å²) >= 11 is 4.31. The Kier molecular flexibility index (Phi) is 3.21. The minimum absolute atomic E-state index is 0.557. The lowest BCUT2D eigenvalue weighted by Crippen LogP contribution is -1.94. The maximum absolute atomic E-state index is 4.13. The molecule has 2 rings (SSSR count). The normalized spacial score (nSPS) is 10.1. The summed E-state index contributed by atoms with van der Waals surface area (Å²) in [6, 6.07) is 0. The lowest BCUT2D eigenvalue weighted by Gasteiger charge is -1.97. The molecule has 0 aromatic carbocycles. The second kappa shape index (κ2) is 4.43. The van der Waals surface area contributed by atoms with Gasteiger partial charge < -0.3 is 0 Å². The van der Waals surface area contributed by atoms with Crippen molar-refractivity contribution in [3.8, 4) is 11.6 Å². The molecule has 0 amide bonds. The van der Waals surface area contributed by atoms with E-state index in [9.17, 15) is 0 Å². The highest BCUT2D eigenvalue weighted by Crippen LogP contribution is 2.10. The van der Waals surface area contributed by atoms with E-state index in [2.05, 4.69) is 65.1 Å². The zero-order valence-corrected chi connectivity index (χ0v) is 11.2. The number of hydrogen-bond donors (Lipinski definition) is 0. The van der Waals surface area contributed by atoms with Crippen molar-refractivity contribution in [2.24, 2.45) is 0 Å². The first-order valence-corrected chi connectivity index (χ1v) is 5.87.